The monoisotopic (exact) mass is 193 g/mol. The maximum absolute atomic E-state index is 5.96. The summed E-state index contributed by atoms with van der Waals surface area (Å²) in [6.45, 7) is 5.36. The van der Waals surface area contributed by atoms with Crippen LogP contribution in [0.5, 0.6) is 0 Å². The van der Waals surface area contributed by atoms with Gasteiger partial charge >= 0.3 is 0 Å². The number of hydrogen-bond acceptors (Lipinski definition) is 2. The van der Waals surface area contributed by atoms with Gasteiger partial charge in [0.05, 0.1) is 5.69 Å². The lowest BCUT2D eigenvalue weighted by molar-refractivity contribution is 0.458. The molecule has 0 spiro atoms. The Balaban J connectivity index is 2.33. The Hall–Kier alpha value is -0.830. The van der Waals surface area contributed by atoms with Gasteiger partial charge in [0.15, 0.2) is 0 Å². The van der Waals surface area contributed by atoms with Gasteiger partial charge in [-0.25, -0.2) is 4.98 Å². The molecule has 14 heavy (non-hydrogen) atoms. The zero-order chi connectivity index (χ0) is 10.1. The molecule has 1 atom stereocenters. The predicted octanol–water partition coefficient (Wildman–Crippen LogP) is 1.42. The number of rotatable bonds is 2. The van der Waals surface area contributed by atoms with Gasteiger partial charge in [0.1, 0.15) is 5.82 Å². The van der Waals surface area contributed by atoms with E-state index in [2.05, 4.69) is 23.4 Å². The molecule has 1 aromatic heterocycles. The quantitative estimate of drug-likeness (QED) is 0.772. The molecule has 3 heteroatoms. The van der Waals surface area contributed by atoms with Crippen LogP contribution in [0.2, 0.25) is 0 Å². The van der Waals surface area contributed by atoms with Crippen LogP contribution in [-0.2, 0) is 19.4 Å². The molecule has 78 valence electrons. The van der Waals surface area contributed by atoms with Gasteiger partial charge in [0.2, 0.25) is 0 Å². The van der Waals surface area contributed by atoms with Gasteiger partial charge in [-0.15, -0.1) is 0 Å². The van der Waals surface area contributed by atoms with Crippen molar-refractivity contribution < 1.29 is 0 Å². The number of hydrogen-bond donors (Lipinski definition) is 1. The number of imidazole rings is 1. The summed E-state index contributed by atoms with van der Waals surface area (Å²) in [5.74, 6) is 1.26. The lowest BCUT2D eigenvalue weighted by Crippen LogP contribution is -2.31. The fourth-order valence-corrected chi connectivity index (χ4v) is 2.25. The number of nitrogens with zero attached hydrogens (tertiary/aromatic N) is 2. The normalized spacial score (nSPS) is 20.9. The Labute approximate surface area is 85.3 Å². The van der Waals surface area contributed by atoms with Crippen LogP contribution in [0.3, 0.4) is 0 Å². The summed E-state index contributed by atoms with van der Waals surface area (Å²) in [6.07, 6.45) is 4.36. The van der Waals surface area contributed by atoms with Gasteiger partial charge in [-0.2, -0.15) is 0 Å². The summed E-state index contributed by atoms with van der Waals surface area (Å²) in [6, 6.07) is 0.340. The Bertz CT molecular complexity index is 328. The van der Waals surface area contributed by atoms with Crippen LogP contribution in [0.15, 0.2) is 0 Å². The maximum Gasteiger partial charge on any atom is 0.109 e. The first-order valence-corrected chi connectivity index (χ1v) is 5.52. The van der Waals surface area contributed by atoms with E-state index in [-0.39, 0.29) is 0 Å². The smallest absolute Gasteiger partial charge is 0.109 e. The van der Waals surface area contributed by atoms with E-state index in [1.54, 1.807) is 0 Å². The van der Waals surface area contributed by atoms with Crippen LogP contribution < -0.4 is 5.73 Å². The lowest BCUT2D eigenvalue weighted by atomic mass is 10.0. The van der Waals surface area contributed by atoms with E-state index in [9.17, 15) is 0 Å². The standard InChI is InChI=1S/C11H19N3/c1-3-4-11-13-8(2)10-7-9(12)5-6-14(10)11/h9H,3-7,12H2,1-2H3. The summed E-state index contributed by atoms with van der Waals surface area (Å²) in [5.41, 5.74) is 8.51. The Kier molecular flexibility index (Phi) is 2.59. The van der Waals surface area contributed by atoms with Gasteiger partial charge in [-0.05, 0) is 19.8 Å². The largest absolute Gasteiger partial charge is 0.332 e. The first-order chi connectivity index (χ1) is 6.72. The van der Waals surface area contributed by atoms with Gasteiger partial charge in [-0.3, -0.25) is 0 Å². The van der Waals surface area contributed by atoms with Crippen LogP contribution in [0.1, 0.15) is 37.0 Å². The summed E-state index contributed by atoms with van der Waals surface area (Å²) in [7, 11) is 0. The van der Waals surface area contributed by atoms with E-state index >= 15 is 0 Å². The van der Waals surface area contributed by atoms with E-state index in [4.69, 9.17) is 5.73 Å². The van der Waals surface area contributed by atoms with Crippen molar-refractivity contribution in [3.63, 3.8) is 0 Å². The summed E-state index contributed by atoms with van der Waals surface area (Å²) < 4.78 is 2.38. The van der Waals surface area contributed by atoms with Crippen molar-refractivity contribution in [2.45, 2.75) is 52.1 Å². The maximum atomic E-state index is 5.96. The second-order valence-corrected chi connectivity index (χ2v) is 4.21. The van der Waals surface area contributed by atoms with Crippen molar-refractivity contribution >= 4 is 0 Å². The molecule has 2 N–H and O–H groups in total. The molecule has 3 nitrogen and oxygen atoms in total. The average molecular weight is 193 g/mol. The summed E-state index contributed by atoms with van der Waals surface area (Å²) in [4.78, 5) is 4.62. The molecule has 0 aromatic carbocycles. The molecule has 1 aliphatic heterocycles. The van der Waals surface area contributed by atoms with Crippen molar-refractivity contribution in [2.75, 3.05) is 0 Å². The van der Waals surface area contributed by atoms with Gasteiger partial charge in [-0.1, -0.05) is 6.92 Å². The average Bonchev–Trinajstić information content (AvgIpc) is 2.44. The molecule has 1 aromatic rings. The van der Waals surface area contributed by atoms with Crippen LogP contribution in [-0.4, -0.2) is 15.6 Å². The molecule has 0 bridgehead atoms. The topological polar surface area (TPSA) is 43.8 Å². The highest BCUT2D eigenvalue weighted by molar-refractivity contribution is 5.19. The van der Waals surface area contributed by atoms with E-state index in [1.165, 1.54) is 23.6 Å². The molecule has 0 amide bonds. The van der Waals surface area contributed by atoms with Crippen LogP contribution >= 0.6 is 0 Å². The molecule has 0 radical (unpaired) electrons. The molecule has 2 heterocycles. The van der Waals surface area contributed by atoms with Crippen LogP contribution in [0.4, 0.5) is 0 Å². The highest BCUT2D eigenvalue weighted by atomic mass is 15.1. The Morgan fingerprint density at radius 3 is 3.07 bits per heavy atom. The van der Waals surface area contributed by atoms with E-state index in [1.807, 2.05) is 0 Å². The van der Waals surface area contributed by atoms with Crippen molar-refractivity contribution in [3.05, 3.63) is 17.2 Å². The summed E-state index contributed by atoms with van der Waals surface area (Å²) >= 11 is 0. The third-order valence-corrected chi connectivity index (χ3v) is 3.00. The molecule has 0 aliphatic carbocycles. The number of nitrogens with two attached hydrogens (primary N) is 1. The molecular formula is C11H19N3. The highest BCUT2D eigenvalue weighted by Crippen LogP contribution is 2.20. The molecule has 0 saturated heterocycles. The summed E-state index contributed by atoms with van der Waals surface area (Å²) in [5, 5.41) is 0. The molecule has 1 unspecified atom stereocenters. The number of fused-ring (bicyclic) bond motifs is 1. The molecule has 0 fully saturated rings. The first kappa shape index (κ1) is 9.71. The number of aromatic nitrogens is 2. The minimum atomic E-state index is 0.340. The minimum Gasteiger partial charge on any atom is -0.332 e. The predicted molar refractivity (Wildman–Crippen MR) is 57.3 cm³/mol. The minimum absolute atomic E-state index is 0.340. The second kappa shape index (κ2) is 3.73. The fourth-order valence-electron chi connectivity index (χ4n) is 2.25. The zero-order valence-corrected chi connectivity index (χ0v) is 9.08. The van der Waals surface area contributed by atoms with Crippen molar-refractivity contribution in [1.29, 1.82) is 0 Å². The van der Waals surface area contributed by atoms with E-state index in [0.29, 0.717) is 6.04 Å². The second-order valence-electron chi connectivity index (χ2n) is 4.21. The van der Waals surface area contributed by atoms with Crippen LogP contribution in [0, 0.1) is 6.92 Å². The zero-order valence-electron chi connectivity index (χ0n) is 9.08. The first-order valence-electron chi connectivity index (χ1n) is 5.52. The van der Waals surface area contributed by atoms with Crippen molar-refractivity contribution in [3.8, 4) is 0 Å². The highest BCUT2D eigenvalue weighted by Gasteiger charge is 2.20. The third-order valence-electron chi connectivity index (χ3n) is 3.00. The molecule has 0 saturated carbocycles. The van der Waals surface area contributed by atoms with Crippen molar-refractivity contribution in [2.24, 2.45) is 5.73 Å². The lowest BCUT2D eigenvalue weighted by Gasteiger charge is -2.22. The Morgan fingerprint density at radius 2 is 2.36 bits per heavy atom. The Morgan fingerprint density at radius 1 is 1.57 bits per heavy atom. The van der Waals surface area contributed by atoms with Gasteiger partial charge in [0, 0.05) is 31.1 Å². The van der Waals surface area contributed by atoms with E-state index < -0.39 is 0 Å². The molecular weight excluding hydrogens is 174 g/mol. The van der Waals surface area contributed by atoms with Crippen LogP contribution in [0.25, 0.3) is 0 Å². The SMILES string of the molecule is CCCc1nc(C)c2n1CCC(N)C2. The van der Waals surface area contributed by atoms with Gasteiger partial charge < -0.3 is 10.3 Å². The fraction of sp³-hybridized carbons (Fsp3) is 0.727. The molecule has 2 rings (SSSR count). The van der Waals surface area contributed by atoms with Crippen molar-refractivity contribution in [1.82, 2.24) is 9.55 Å². The third kappa shape index (κ3) is 1.57. The molecule has 1 aliphatic rings. The van der Waals surface area contributed by atoms with E-state index in [0.717, 1.165) is 25.8 Å². The number of aryl methyl sites for hydroxylation is 2. The van der Waals surface area contributed by atoms with Gasteiger partial charge in [0.25, 0.3) is 0 Å².